The molecule has 0 radical (unpaired) electrons. The average Bonchev–Trinajstić information content (AvgIpc) is 2.62. The highest BCUT2D eigenvalue weighted by molar-refractivity contribution is 5.72. The Morgan fingerprint density at radius 1 is 1.00 bits per heavy atom. The number of amides is 1. The second kappa shape index (κ2) is 9.56. The molecule has 0 spiro atoms. The van der Waals surface area contributed by atoms with E-state index in [1.54, 1.807) is 20.0 Å². The van der Waals surface area contributed by atoms with Crippen LogP contribution in [-0.4, -0.2) is 23.3 Å². The zero-order chi connectivity index (χ0) is 18.9. The number of carbonyl (C=O) groups is 2. The summed E-state index contributed by atoms with van der Waals surface area (Å²) >= 11 is 0. The summed E-state index contributed by atoms with van der Waals surface area (Å²) in [5.41, 5.74) is 1.78. The first-order valence-electron chi connectivity index (χ1n) is 8.58. The zero-order valence-electron chi connectivity index (χ0n) is 15.2. The van der Waals surface area contributed by atoms with Gasteiger partial charge in [0.2, 0.25) is 6.29 Å². The van der Waals surface area contributed by atoms with Gasteiger partial charge in [0.15, 0.2) is 0 Å². The van der Waals surface area contributed by atoms with E-state index in [1.807, 2.05) is 48.5 Å². The van der Waals surface area contributed by atoms with E-state index in [4.69, 9.17) is 9.47 Å². The molecule has 1 aromatic heterocycles. The third kappa shape index (κ3) is 6.20. The van der Waals surface area contributed by atoms with Crippen LogP contribution in [0.4, 0.5) is 4.79 Å². The van der Waals surface area contributed by atoms with Gasteiger partial charge in [0.1, 0.15) is 0 Å². The molecule has 0 bridgehead atoms. The van der Waals surface area contributed by atoms with E-state index in [9.17, 15) is 9.59 Å². The van der Waals surface area contributed by atoms with E-state index in [2.05, 4.69) is 10.3 Å². The van der Waals surface area contributed by atoms with E-state index in [-0.39, 0.29) is 12.0 Å². The fourth-order valence-electron chi connectivity index (χ4n) is 2.32. The number of rotatable bonds is 7. The summed E-state index contributed by atoms with van der Waals surface area (Å²) in [5, 5.41) is 2.82. The fourth-order valence-corrected chi connectivity index (χ4v) is 2.32. The molecule has 2 aromatic rings. The summed E-state index contributed by atoms with van der Waals surface area (Å²) in [6.07, 6.45) is 0.610. The van der Waals surface area contributed by atoms with Gasteiger partial charge in [-0.05, 0) is 17.7 Å². The number of hydrogen-bond acceptors (Lipinski definition) is 5. The third-order valence-electron chi connectivity index (χ3n) is 3.66. The summed E-state index contributed by atoms with van der Waals surface area (Å²) in [7, 11) is 0. The van der Waals surface area contributed by atoms with E-state index < -0.39 is 18.4 Å². The lowest BCUT2D eigenvalue weighted by molar-refractivity contribution is -0.168. The summed E-state index contributed by atoms with van der Waals surface area (Å²) in [6, 6.07) is 14.9. The summed E-state index contributed by atoms with van der Waals surface area (Å²) < 4.78 is 10.2. The van der Waals surface area contributed by atoms with Crippen molar-refractivity contribution in [2.75, 3.05) is 0 Å². The van der Waals surface area contributed by atoms with Crippen molar-refractivity contribution in [1.82, 2.24) is 10.3 Å². The molecule has 0 saturated carbocycles. The Kier molecular flexibility index (Phi) is 7.14. The number of hydrogen-bond donors (Lipinski definition) is 1. The molecule has 1 amide bonds. The molecule has 0 fully saturated rings. The number of pyridine rings is 1. The fraction of sp³-hybridized carbons (Fsp3) is 0.350. The molecule has 0 aliphatic heterocycles. The molecule has 2 atom stereocenters. The molecule has 138 valence electrons. The zero-order valence-corrected chi connectivity index (χ0v) is 15.2. The van der Waals surface area contributed by atoms with Crippen molar-refractivity contribution < 1.29 is 19.1 Å². The minimum Gasteiger partial charge on any atom is -0.425 e. The maximum Gasteiger partial charge on any atom is 0.410 e. The first kappa shape index (κ1) is 19.4. The average molecular weight is 356 g/mol. The Hall–Kier alpha value is -2.89. The Labute approximate surface area is 153 Å². The number of alkyl carbamates (subject to hydrolysis) is 1. The van der Waals surface area contributed by atoms with Crippen LogP contribution in [0.15, 0.2) is 54.7 Å². The Balaban J connectivity index is 2.02. The van der Waals surface area contributed by atoms with Crippen LogP contribution in [0.3, 0.4) is 0 Å². The highest BCUT2D eigenvalue weighted by Crippen LogP contribution is 2.18. The molecule has 1 N–H and O–H groups in total. The van der Waals surface area contributed by atoms with Crippen LogP contribution in [-0.2, 0) is 20.7 Å². The Morgan fingerprint density at radius 3 is 2.31 bits per heavy atom. The minimum atomic E-state index is -0.962. The van der Waals surface area contributed by atoms with Gasteiger partial charge in [0, 0.05) is 25.2 Å². The van der Waals surface area contributed by atoms with E-state index in [0.29, 0.717) is 6.42 Å². The van der Waals surface area contributed by atoms with Crippen molar-refractivity contribution in [3.8, 4) is 0 Å². The molecule has 6 nitrogen and oxygen atoms in total. The van der Waals surface area contributed by atoms with Gasteiger partial charge < -0.3 is 14.8 Å². The number of ether oxygens (including phenoxy) is 2. The first-order chi connectivity index (χ1) is 12.5. The normalized spacial score (nSPS) is 12.9. The van der Waals surface area contributed by atoms with Crippen molar-refractivity contribution in [3.63, 3.8) is 0 Å². The molecule has 1 unspecified atom stereocenters. The number of benzene rings is 1. The molecule has 0 aliphatic carbocycles. The smallest absolute Gasteiger partial charge is 0.410 e. The topological polar surface area (TPSA) is 77.5 Å². The molecular formula is C20H24N2O4. The number of nitrogens with one attached hydrogen (secondary N) is 1. The largest absolute Gasteiger partial charge is 0.425 e. The van der Waals surface area contributed by atoms with Crippen LogP contribution in [0.2, 0.25) is 0 Å². The van der Waals surface area contributed by atoms with Crippen LogP contribution in [0.1, 0.15) is 38.1 Å². The van der Waals surface area contributed by atoms with Crippen LogP contribution in [0, 0.1) is 5.92 Å². The third-order valence-corrected chi connectivity index (χ3v) is 3.66. The van der Waals surface area contributed by atoms with Gasteiger partial charge in [0.25, 0.3) is 0 Å². The van der Waals surface area contributed by atoms with Gasteiger partial charge in [-0.25, -0.2) is 4.79 Å². The standard InChI is InChI=1S/C20H24N2O4/c1-14(2)19(23)25-15(3)26-20(24)22-18(16-9-5-4-6-10-16)13-17-11-7-8-12-21-17/h4-12,14-15,18H,13H2,1-3H3,(H,22,24)/t15?,18-/m0/s1. The van der Waals surface area contributed by atoms with Crippen LogP contribution >= 0.6 is 0 Å². The maximum absolute atomic E-state index is 12.2. The molecule has 1 heterocycles. The van der Waals surface area contributed by atoms with E-state index in [1.165, 1.54) is 6.92 Å². The lowest BCUT2D eigenvalue weighted by atomic mass is 10.0. The molecule has 0 aliphatic rings. The monoisotopic (exact) mass is 356 g/mol. The van der Waals surface area contributed by atoms with Gasteiger partial charge in [-0.3, -0.25) is 9.78 Å². The lowest BCUT2D eigenvalue weighted by Crippen LogP contribution is -2.34. The Morgan fingerprint density at radius 2 is 1.69 bits per heavy atom. The number of carbonyl (C=O) groups excluding carboxylic acids is 2. The number of nitrogens with zero attached hydrogens (tertiary/aromatic N) is 1. The van der Waals surface area contributed by atoms with Crippen LogP contribution in [0.25, 0.3) is 0 Å². The number of aromatic nitrogens is 1. The summed E-state index contributed by atoms with van der Waals surface area (Å²) in [5.74, 6) is -0.705. The summed E-state index contributed by atoms with van der Waals surface area (Å²) in [6.45, 7) is 4.94. The second-order valence-electron chi connectivity index (χ2n) is 6.20. The first-order valence-corrected chi connectivity index (χ1v) is 8.58. The molecule has 0 saturated heterocycles. The quantitative estimate of drug-likeness (QED) is 0.605. The van der Waals surface area contributed by atoms with Gasteiger partial charge in [-0.15, -0.1) is 0 Å². The molecule has 26 heavy (non-hydrogen) atoms. The molecule has 6 heteroatoms. The van der Waals surface area contributed by atoms with Crippen molar-refractivity contribution in [3.05, 3.63) is 66.0 Å². The van der Waals surface area contributed by atoms with Gasteiger partial charge >= 0.3 is 12.1 Å². The minimum absolute atomic E-state index is 0.287. The maximum atomic E-state index is 12.2. The van der Waals surface area contributed by atoms with E-state index >= 15 is 0 Å². The lowest BCUT2D eigenvalue weighted by Gasteiger charge is -2.21. The van der Waals surface area contributed by atoms with Crippen molar-refractivity contribution in [1.29, 1.82) is 0 Å². The molecule has 2 rings (SSSR count). The van der Waals surface area contributed by atoms with Crippen molar-refractivity contribution >= 4 is 12.1 Å². The van der Waals surface area contributed by atoms with Crippen LogP contribution in [0.5, 0.6) is 0 Å². The van der Waals surface area contributed by atoms with Gasteiger partial charge in [-0.1, -0.05) is 50.2 Å². The highest BCUT2D eigenvalue weighted by Gasteiger charge is 2.20. The van der Waals surface area contributed by atoms with Crippen molar-refractivity contribution in [2.24, 2.45) is 5.92 Å². The SMILES string of the molecule is CC(OC(=O)N[C@@H](Cc1ccccn1)c1ccccc1)OC(=O)C(C)C. The van der Waals surface area contributed by atoms with Gasteiger partial charge in [-0.2, -0.15) is 0 Å². The van der Waals surface area contributed by atoms with E-state index in [0.717, 1.165) is 11.3 Å². The number of esters is 1. The van der Waals surface area contributed by atoms with Crippen LogP contribution < -0.4 is 5.32 Å². The predicted octanol–water partition coefficient (Wildman–Crippen LogP) is 3.64. The second-order valence-corrected chi connectivity index (χ2v) is 6.20. The molecule has 1 aromatic carbocycles. The Bertz CT molecular complexity index is 704. The van der Waals surface area contributed by atoms with Crippen molar-refractivity contribution in [2.45, 2.75) is 39.5 Å². The highest BCUT2D eigenvalue weighted by atomic mass is 16.7. The summed E-state index contributed by atoms with van der Waals surface area (Å²) in [4.78, 5) is 28.1. The molecular weight excluding hydrogens is 332 g/mol. The predicted molar refractivity (Wildman–Crippen MR) is 97.1 cm³/mol. The van der Waals surface area contributed by atoms with Gasteiger partial charge in [0.05, 0.1) is 12.0 Å².